The van der Waals surface area contributed by atoms with Crippen molar-refractivity contribution in [2.75, 3.05) is 41.8 Å². The second kappa shape index (κ2) is 8.70. The predicted octanol–water partition coefficient (Wildman–Crippen LogP) is 4.05. The number of amides is 1. The molecule has 1 aliphatic heterocycles. The number of para-hydroxylation sites is 3. The summed E-state index contributed by atoms with van der Waals surface area (Å²) in [5.74, 6) is -0.655. The van der Waals surface area contributed by atoms with E-state index in [-0.39, 0.29) is 11.7 Å². The first kappa shape index (κ1) is 18.9. The van der Waals surface area contributed by atoms with Crippen LogP contribution < -0.4 is 15.5 Å². The van der Waals surface area contributed by atoms with Crippen LogP contribution in [0.4, 0.5) is 27.1 Å². The number of carbonyl (C=O) groups excluding carboxylic acids is 1. The molecule has 0 atom stereocenters. The van der Waals surface area contributed by atoms with Crippen molar-refractivity contribution in [1.82, 2.24) is 4.98 Å². The van der Waals surface area contributed by atoms with Crippen LogP contribution in [0, 0.1) is 5.82 Å². The van der Waals surface area contributed by atoms with Crippen LogP contribution in [-0.4, -0.2) is 37.2 Å². The third kappa shape index (κ3) is 4.52. The summed E-state index contributed by atoms with van der Waals surface area (Å²) in [4.78, 5) is 19.1. The highest BCUT2D eigenvalue weighted by Crippen LogP contribution is 2.27. The summed E-state index contributed by atoms with van der Waals surface area (Å²) < 4.78 is 19.3. The molecule has 0 aliphatic carbocycles. The molecule has 3 aromatic rings. The molecule has 1 aromatic heterocycles. The second-order valence-electron chi connectivity index (χ2n) is 6.64. The number of nitrogens with one attached hydrogen (secondary N) is 2. The molecule has 2 aromatic carbocycles. The van der Waals surface area contributed by atoms with Crippen molar-refractivity contribution in [3.8, 4) is 0 Å². The van der Waals surface area contributed by atoms with Gasteiger partial charge >= 0.3 is 0 Å². The predicted molar refractivity (Wildman–Crippen MR) is 111 cm³/mol. The van der Waals surface area contributed by atoms with Gasteiger partial charge in [0.05, 0.1) is 47.7 Å². The Balaban J connectivity index is 1.52. The van der Waals surface area contributed by atoms with Crippen LogP contribution in [0.2, 0.25) is 0 Å². The lowest BCUT2D eigenvalue weighted by atomic mass is 10.2. The van der Waals surface area contributed by atoms with Gasteiger partial charge < -0.3 is 20.3 Å². The number of anilines is 4. The fourth-order valence-electron chi connectivity index (χ4n) is 3.20. The zero-order valence-electron chi connectivity index (χ0n) is 15.8. The number of benzene rings is 2. The van der Waals surface area contributed by atoms with Crippen LogP contribution in [0.25, 0.3) is 0 Å². The number of halogens is 1. The van der Waals surface area contributed by atoms with Gasteiger partial charge in [-0.15, -0.1) is 0 Å². The normalized spacial score (nSPS) is 13.8. The molecular weight excluding hydrogens is 371 g/mol. The first-order valence-corrected chi connectivity index (χ1v) is 9.40. The molecule has 29 heavy (non-hydrogen) atoms. The number of ether oxygens (including phenoxy) is 1. The van der Waals surface area contributed by atoms with Gasteiger partial charge in [-0.1, -0.05) is 24.3 Å². The minimum atomic E-state index is -0.373. The number of rotatable bonds is 5. The third-order valence-corrected chi connectivity index (χ3v) is 4.66. The molecule has 4 rings (SSSR count). The van der Waals surface area contributed by atoms with Gasteiger partial charge in [-0.3, -0.25) is 9.78 Å². The van der Waals surface area contributed by atoms with E-state index in [0.717, 1.165) is 24.5 Å². The van der Waals surface area contributed by atoms with Gasteiger partial charge in [0.15, 0.2) is 0 Å². The standard InChI is InChI=1S/C22H21FN4O2/c23-18-5-1-2-6-19(18)25-17-13-16(14-24-15-17)22(28)26-20-7-3-4-8-21(20)27-9-11-29-12-10-27/h1-8,13-15,25H,9-12H2,(H,26,28). The van der Waals surface area contributed by atoms with E-state index in [4.69, 9.17) is 4.74 Å². The lowest BCUT2D eigenvalue weighted by Gasteiger charge is -2.30. The van der Waals surface area contributed by atoms with E-state index in [0.29, 0.717) is 30.2 Å². The van der Waals surface area contributed by atoms with E-state index in [1.54, 1.807) is 30.5 Å². The minimum Gasteiger partial charge on any atom is -0.378 e. The molecular formula is C22H21FN4O2. The van der Waals surface area contributed by atoms with Crippen molar-refractivity contribution in [2.45, 2.75) is 0 Å². The SMILES string of the molecule is O=C(Nc1ccccc1N1CCOCC1)c1cncc(Nc2ccccc2F)c1. The Kier molecular flexibility index (Phi) is 5.67. The molecule has 0 saturated carbocycles. The first-order chi connectivity index (χ1) is 14.2. The Hall–Kier alpha value is -3.45. The van der Waals surface area contributed by atoms with Crippen molar-refractivity contribution in [3.05, 3.63) is 78.4 Å². The Bertz CT molecular complexity index is 1010. The lowest BCUT2D eigenvalue weighted by molar-refractivity contribution is 0.102. The first-order valence-electron chi connectivity index (χ1n) is 9.40. The maximum Gasteiger partial charge on any atom is 0.257 e. The highest BCUT2D eigenvalue weighted by molar-refractivity contribution is 6.06. The van der Waals surface area contributed by atoms with E-state index in [1.807, 2.05) is 24.3 Å². The summed E-state index contributed by atoms with van der Waals surface area (Å²) in [5, 5.41) is 5.92. The van der Waals surface area contributed by atoms with Gasteiger partial charge in [0.1, 0.15) is 5.82 Å². The Morgan fingerprint density at radius 1 is 1.00 bits per heavy atom. The Labute approximate surface area is 168 Å². The van der Waals surface area contributed by atoms with Crippen molar-refractivity contribution in [1.29, 1.82) is 0 Å². The molecule has 0 bridgehead atoms. The highest BCUT2D eigenvalue weighted by Gasteiger charge is 2.16. The fraction of sp³-hybridized carbons (Fsp3) is 0.182. The summed E-state index contributed by atoms with van der Waals surface area (Å²) in [6, 6.07) is 15.7. The number of morpholine rings is 1. The molecule has 0 spiro atoms. The number of pyridine rings is 1. The second-order valence-corrected chi connectivity index (χ2v) is 6.64. The average Bonchev–Trinajstić information content (AvgIpc) is 2.76. The largest absolute Gasteiger partial charge is 0.378 e. The van der Waals surface area contributed by atoms with Gasteiger partial charge in [0, 0.05) is 19.3 Å². The Morgan fingerprint density at radius 2 is 1.72 bits per heavy atom. The molecule has 148 valence electrons. The summed E-state index contributed by atoms with van der Waals surface area (Å²) in [6.45, 7) is 2.87. The molecule has 0 radical (unpaired) electrons. The zero-order valence-corrected chi connectivity index (χ0v) is 15.8. The highest BCUT2D eigenvalue weighted by atomic mass is 19.1. The van der Waals surface area contributed by atoms with E-state index in [2.05, 4.69) is 20.5 Å². The van der Waals surface area contributed by atoms with Gasteiger partial charge in [-0.25, -0.2) is 4.39 Å². The van der Waals surface area contributed by atoms with Crippen molar-refractivity contribution < 1.29 is 13.9 Å². The number of carbonyl (C=O) groups is 1. The van der Waals surface area contributed by atoms with Crippen LogP contribution in [-0.2, 0) is 4.74 Å². The third-order valence-electron chi connectivity index (χ3n) is 4.66. The van der Waals surface area contributed by atoms with Crippen LogP contribution in [0.5, 0.6) is 0 Å². The molecule has 1 fully saturated rings. The molecule has 2 N–H and O–H groups in total. The number of aromatic nitrogens is 1. The van der Waals surface area contributed by atoms with E-state index >= 15 is 0 Å². The molecule has 1 amide bonds. The summed E-state index contributed by atoms with van der Waals surface area (Å²) in [7, 11) is 0. The van der Waals surface area contributed by atoms with Crippen LogP contribution in [0.15, 0.2) is 67.0 Å². The van der Waals surface area contributed by atoms with Crippen LogP contribution in [0.1, 0.15) is 10.4 Å². The molecule has 1 saturated heterocycles. The van der Waals surface area contributed by atoms with Crippen molar-refractivity contribution >= 4 is 28.7 Å². The van der Waals surface area contributed by atoms with Gasteiger partial charge in [-0.2, -0.15) is 0 Å². The average molecular weight is 392 g/mol. The van der Waals surface area contributed by atoms with Gasteiger partial charge in [0.2, 0.25) is 0 Å². The van der Waals surface area contributed by atoms with Crippen molar-refractivity contribution in [3.63, 3.8) is 0 Å². The number of nitrogens with zero attached hydrogens (tertiary/aromatic N) is 2. The Morgan fingerprint density at radius 3 is 2.52 bits per heavy atom. The van der Waals surface area contributed by atoms with E-state index in [9.17, 15) is 9.18 Å². The quantitative estimate of drug-likeness (QED) is 0.686. The molecule has 1 aliphatic rings. The number of hydrogen-bond donors (Lipinski definition) is 2. The maximum absolute atomic E-state index is 13.9. The van der Waals surface area contributed by atoms with E-state index < -0.39 is 0 Å². The van der Waals surface area contributed by atoms with E-state index in [1.165, 1.54) is 12.3 Å². The maximum atomic E-state index is 13.9. The summed E-state index contributed by atoms with van der Waals surface area (Å²) in [6.07, 6.45) is 3.03. The van der Waals surface area contributed by atoms with Crippen LogP contribution >= 0.6 is 0 Å². The fourth-order valence-corrected chi connectivity index (χ4v) is 3.20. The topological polar surface area (TPSA) is 66.5 Å². The molecule has 2 heterocycles. The smallest absolute Gasteiger partial charge is 0.257 e. The lowest BCUT2D eigenvalue weighted by Crippen LogP contribution is -2.36. The summed E-state index contributed by atoms with van der Waals surface area (Å²) in [5.41, 5.74) is 2.92. The monoisotopic (exact) mass is 392 g/mol. The van der Waals surface area contributed by atoms with Gasteiger partial charge in [0.25, 0.3) is 5.91 Å². The summed E-state index contributed by atoms with van der Waals surface area (Å²) >= 11 is 0. The van der Waals surface area contributed by atoms with Crippen LogP contribution in [0.3, 0.4) is 0 Å². The van der Waals surface area contributed by atoms with Gasteiger partial charge in [-0.05, 0) is 30.3 Å². The molecule has 6 nitrogen and oxygen atoms in total. The zero-order chi connectivity index (χ0) is 20.1. The molecule has 0 unspecified atom stereocenters. The van der Waals surface area contributed by atoms with Crippen molar-refractivity contribution in [2.24, 2.45) is 0 Å². The molecule has 7 heteroatoms. The minimum absolute atomic E-state index is 0.282. The number of hydrogen-bond acceptors (Lipinski definition) is 5.